The van der Waals surface area contributed by atoms with Crippen molar-refractivity contribution in [1.29, 1.82) is 0 Å². The molecule has 0 spiro atoms. The minimum atomic E-state index is -4.36. The Kier molecular flexibility index (Phi) is 9.58. The van der Waals surface area contributed by atoms with Crippen molar-refractivity contribution in [3.05, 3.63) is 68.5 Å². The first-order valence-electron chi connectivity index (χ1n) is 12.6. The van der Waals surface area contributed by atoms with Crippen molar-refractivity contribution in [2.24, 2.45) is 0 Å². The average Bonchev–Trinajstić information content (AvgIpc) is 3.72. The molecule has 13 heteroatoms. The Morgan fingerprint density at radius 1 is 1.02 bits per heavy atom. The zero-order valence-electron chi connectivity index (χ0n) is 21.6. The van der Waals surface area contributed by atoms with Crippen molar-refractivity contribution in [2.45, 2.75) is 57.3 Å². The quantitative estimate of drug-likeness (QED) is 0.245. The van der Waals surface area contributed by atoms with Crippen LogP contribution in [0.15, 0.2) is 53.2 Å². The van der Waals surface area contributed by atoms with Gasteiger partial charge in [0.1, 0.15) is 12.1 Å². The van der Waals surface area contributed by atoms with Gasteiger partial charge in [0.25, 0.3) is 0 Å². The van der Waals surface area contributed by atoms with Crippen LogP contribution >= 0.6 is 22.7 Å². The van der Waals surface area contributed by atoms with Gasteiger partial charge in [0.2, 0.25) is 12.7 Å². The number of rotatable bonds is 13. The lowest BCUT2D eigenvalue weighted by molar-refractivity contribution is -0.169. The van der Waals surface area contributed by atoms with E-state index < -0.39 is 30.0 Å². The van der Waals surface area contributed by atoms with Crippen LogP contribution < -0.4 is 20.1 Å². The maximum atomic E-state index is 14.9. The second-order valence-corrected chi connectivity index (χ2v) is 11.2. The molecule has 0 fully saturated rings. The Morgan fingerprint density at radius 2 is 1.68 bits per heavy atom. The number of fused-ring (bicyclic) bond motifs is 1. The number of unbranched alkanes of at least 4 members (excludes halogenated alkanes) is 1. The van der Waals surface area contributed by atoms with Crippen LogP contribution in [0.4, 0.5) is 13.6 Å². The molecular formula is C27H29F2N3O6S2. The van der Waals surface area contributed by atoms with Gasteiger partial charge in [-0.2, -0.15) is 8.78 Å². The molecule has 4 rings (SSSR count). The summed E-state index contributed by atoms with van der Waals surface area (Å²) in [7, 11) is 0. The Balaban J connectivity index is 1.55. The van der Waals surface area contributed by atoms with E-state index in [0.717, 1.165) is 16.2 Å². The summed E-state index contributed by atoms with van der Waals surface area (Å²) < 4.78 is 40.2. The highest BCUT2D eigenvalue weighted by atomic mass is 32.1. The van der Waals surface area contributed by atoms with E-state index in [9.17, 15) is 28.3 Å². The third-order valence-corrected chi connectivity index (χ3v) is 7.99. The van der Waals surface area contributed by atoms with Crippen LogP contribution in [-0.2, 0) is 22.7 Å². The number of nitrogens with one attached hydrogen (secondary N) is 2. The number of aliphatic carboxylic acids is 1. The van der Waals surface area contributed by atoms with Crippen molar-refractivity contribution < 1.29 is 37.7 Å². The van der Waals surface area contributed by atoms with Crippen LogP contribution in [-0.4, -0.2) is 46.7 Å². The van der Waals surface area contributed by atoms with E-state index >= 15 is 0 Å². The van der Waals surface area contributed by atoms with Crippen molar-refractivity contribution in [2.75, 3.05) is 6.79 Å². The average molecular weight is 594 g/mol. The number of amides is 3. The highest BCUT2D eigenvalue weighted by Crippen LogP contribution is 2.38. The molecule has 2 aromatic heterocycles. The molecule has 1 unspecified atom stereocenters. The lowest BCUT2D eigenvalue weighted by Crippen LogP contribution is -2.54. The monoisotopic (exact) mass is 593 g/mol. The number of hydrogen-bond acceptors (Lipinski definition) is 7. The minimum Gasteiger partial charge on any atom is -0.477 e. The Morgan fingerprint density at radius 3 is 2.25 bits per heavy atom. The summed E-state index contributed by atoms with van der Waals surface area (Å²) in [5.74, 6) is -6.67. The number of carboxylic acids is 1. The molecule has 0 radical (unpaired) electrons. The molecular weight excluding hydrogens is 564 g/mol. The van der Waals surface area contributed by atoms with Gasteiger partial charge in [-0.3, -0.25) is 4.79 Å². The maximum Gasteiger partial charge on any atom is 0.377 e. The molecule has 1 aromatic carbocycles. The number of alkyl halides is 2. The van der Waals surface area contributed by atoms with Gasteiger partial charge in [0.05, 0.1) is 13.1 Å². The molecule has 3 heterocycles. The summed E-state index contributed by atoms with van der Waals surface area (Å²) in [6.07, 6.45) is 1.61. The van der Waals surface area contributed by atoms with Gasteiger partial charge in [-0.15, -0.1) is 22.7 Å². The molecule has 40 heavy (non-hydrogen) atoms. The molecule has 1 aliphatic heterocycles. The summed E-state index contributed by atoms with van der Waals surface area (Å²) in [5, 5.41) is 17.7. The highest BCUT2D eigenvalue weighted by molar-refractivity contribution is 7.10. The van der Waals surface area contributed by atoms with Gasteiger partial charge >= 0.3 is 17.9 Å². The van der Waals surface area contributed by atoms with Crippen LogP contribution in [0.2, 0.25) is 0 Å². The van der Waals surface area contributed by atoms with E-state index in [1.54, 1.807) is 4.90 Å². The predicted molar refractivity (Wildman–Crippen MR) is 146 cm³/mol. The van der Waals surface area contributed by atoms with Gasteiger partial charge < -0.3 is 30.1 Å². The summed E-state index contributed by atoms with van der Waals surface area (Å²) >= 11 is 2.99. The number of ether oxygens (including phenoxy) is 2. The summed E-state index contributed by atoms with van der Waals surface area (Å²) in [4.78, 5) is 41.8. The molecule has 3 N–H and O–H groups in total. The Bertz CT molecular complexity index is 1270. The number of thiophene rings is 2. The van der Waals surface area contributed by atoms with Gasteiger partial charge in [0, 0.05) is 9.75 Å². The highest BCUT2D eigenvalue weighted by Gasteiger charge is 2.50. The number of benzene rings is 1. The van der Waals surface area contributed by atoms with E-state index in [1.165, 1.54) is 40.9 Å². The number of halogens is 2. The number of carbonyl (C=O) groups excluding carboxylic acids is 2. The van der Waals surface area contributed by atoms with Crippen LogP contribution in [0.3, 0.4) is 0 Å². The molecule has 0 aliphatic carbocycles. The normalized spacial score (nSPS) is 13.9. The van der Waals surface area contributed by atoms with Crippen molar-refractivity contribution >= 4 is 40.6 Å². The number of hydrogen-bond donors (Lipinski definition) is 3. The van der Waals surface area contributed by atoms with Crippen LogP contribution in [0.5, 0.6) is 11.5 Å². The maximum absolute atomic E-state index is 14.9. The molecule has 3 aromatic rings. The molecule has 214 valence electrons. The van der Waals surface area contributed by atoms with Crippen molar-refractivity contribution in [1.82, 2.24) is 15.5 Å². The molecule has 9 nitrogen and oxygen atoms in total. The third-order valence-electron chi connectivity index (χ3n) is 6.27. The fourth-order valence-electron chi connectivity index (χ4n) is 4.21. The van der Waals surface area contributed by atoms with Gasteiger partial charge in [-0.25, -0.2) is 9.59 Å². The summed E-state index contributed by atoms with van der Waals surface area (Å²) in [6, 6.07) is 7.03. The first-order valence-corrected chi connectivity index (χ1v) is 14.4. The van der Waals surface area contributed by atoms with E-state index in [-0.39, 0.29) is 30.4 Å². The lowest BCUT2D eigenvalue weighted by atomic mass is 10.00. The van der Waals surface area contributed by atoms with E-state index in [1.807, 2.05) is 41.9 Å². The largest absolute Gasteiger partial charge is 0.477 e. The smallest absolute Gasteiger partial charge is 0.377 e. The van der Waals surface area contributed by atoms with E-state index in [0.29, 0.717) is 25.3 Å². The molecule has 3 amide bonds. The summed E-state index contributed by atoms with van der Waals surface area (Å²) in [6.45, 7) is 2.45. The third kappa shape index (κ3) is 7.07. The lowest BCUT2D eigenvalue weighted by Gasteiger charge is -2.29. The van der Waals surface area contributed by atoms with Gasteiger partial charge in [-0.05, 0) is 47.0 Å². The van der Waals surface area contributed by atoms with Crippen LogP contribution in [0.1, 0.15) is 47.5 Å². The predicted octanol–water partition coefficient (Wildman–Crippen LogP) is 5.39. The molecule has 2 atom stereocenters. The molecule has 0 bridgehead atoms. The zero-order chi connectivity index (χ0) is 28.7. The first-order chi connectivity index (χ1) is 19.2. The number of nitrogens with zero attached hydrogens (tertiary/aromatic N) is 1. The molecule has 0 saturated heterocycles. The van der Waals surface area contributed by atoms with Crippen LogP contribution in [0, 0.1) is 0 Å². The van der Waals surface area contributed by atoms with E-state index in [4.69, 9.17) is 9.47 Å². The topological polar surface area (TPSA) is 117 Å². The molecule has 1 aliphatic rings. The SMILES string of the molecule is CCCC[C@H](NC(=O)NC(c1ccc2c(c1)OCO2)C(F)(F)C(=O)O)C(=O)N(Cc1cccs1)Cc1cccs1. The number of urea groups is 1. The van der Waals surface area contributed by atoms with Crippen molar-refractivity contribution in [3.63, 3.8) is 0 Å². The van der Waals surface area contributed by atoms with Gasteiger partial charge in [0.15, 0.2) is 11.5 Å². The number of carbonyl (C=O) groups is 3. The minimum absolute atomic E-state index is 0.110. The van der Waals surface area contributed by atoms with Crippen LogP contribution in [0.25, 0.3) is 0 Å². The standard InChI is InChI=1S/C27H29F2N3O6S2/c1-2-3-8-20(24(33)32(14-18-6-4-11-39-18)15-19-7-5-12-40-19)30-26(36)31-23(27(28,29)25(34)35)17-9-10-21-22(13-17)38-16-37-21/h4-7,9-13,20,23H,2-3,8,14-16H2,1H3,(H,34,35)(H2,30,31,36)/t20-,23?/m0/s1. The second-order valence-electron chi connectivity index (χ2n) is 9.14. The zero-order valence-corrected chi connectivity index (χ0v) is 23.2. The van der Waals surface area contributed by atoms with Gasteiger partial charge in [-0.1, -0.05) is 38.0 Å². The molecule has 0 saturated carbocycles. The number of carboxylic acid groups (broad SMARTS) is 1. The fraction of sp³-hybridized carbons (Fsp3) is 0.370. The Labute approximate surface area is 237 Å². The second kappa shape index (κ2) is 13.1. The Hall–Kier alpha value is -3.71. The van der Waals surface area contributed by atoms with E-state index in [2.05, 4.69) is 10.6 Å². The van der Waals surface area contributed by atoms with Crippen molar-refractivity contribution in [3.8, 4) is 11.5 Å². The fourth-order valence-corrected chi connectivity index (χ4v) is 5.65. The first kappa shape index (κ1) is 29.3. The summed E-state index contributed by atoms with van der Waals surface area (Å²) in [5.41, 5.74) is -0.194.